The quantitative estimate of drug-likeness (QED) is 0.156. The Kier molecular flexibility index (Phi) is 10.4. The monoisotopic (exact) mass is 891 g/mol. The van der Waals surface area contributed by atoms with Crippen LogP contribution in [0.15, 0.2) is 152 Å². The lowest BCUT2D eigenvalue weighted by atomic mass is 9.80. The van der Waals surface area contributed by atoms with Crippen molar-refractivity contribution in [1.82, 2.24) is 4.57 Å². The van der Waals surface area contributed by atoms with Crippen LogP contribution in [0.25, 0.3) is 70.9 Å². The van der Waals surface area contributed by atoms with E-state index in [0.717, 1.165) is 5.69 Å². The molecule has 1 aromatic heterocycles. The lowest BCUT2D eigenvalue weighted by Crippen LogP contribution is -2.19. The summed E-state index contributed by atoms with van der Waals surface area (Å²) < 4.78 is 2.53. The van der Waals surface area contributed by atoms with Gasteiger partial charge in [0.2, 0.25) is 0 Å². The molecule has 0 amide bonds. The Hall–Kier alpha value is -6.38. The van der Waals surface area contributed by atoms with Gasteiger partial charge in [0, 0.05) is 32.9 Å². The molecule has 0 bridgehead atoms. The van der Waals surface area contributed by atoms with Crippen molar-refractivity contribution < 1.29 is 0 Å². The third-order valence-corrected chi connectivity index (χ3v) is 14.7. The van der Waals surface area contributed by atoms with Crippen LogP contribution in [0, 0.1) is 0 Å². The smallest absolute Gasteiger partial charge is 0.0541 e. The van der Waals surface area contributed by atoms with Crippen LogP contribution in [-0.4, -0.2) is 4.57 Å². The zero-order valence-corrected chi connectivity index (χ0v) is 43.3. The molecule has 0 spiro atoms. The van der Waals surface area contributed by atoms with Crippen LogP contribution in [0.3, 0.4) is 0 Å². The van der Waals surface area contributed by atoms with Gasteiger partial charge in [-0.2, -0.15) is 0 Å². The first kappa shape index (κ1) is 45.4. The van der Waals surface area contributed by atoms with E-state index in [2.05, 4.69) is 265 Å². The number of fused-ring (bicyclic) bond motifs is 3. The maximum Gasteiger partial charge on any atom is 0.0541 e. The molecule has 1 heterocycles. The second-order valence-corrected chi connectivity index (χ2v) is 24.9. The second kappa shape index (κ2) is 15.6. The number of hydrogen-bond acceptors (Lipinski definition) is 1. The van der Waals surface area contributed by atoms with E-state index in [4.69, 9.17) is 0 Å². The molecule has 0 atom stereocenters. The molecule has 0 aliphatic rings. The third-order valence-electron chi connectivity index (χ3n) is 14.7. The standard InChI is InChI=1S/C66H70N2/c1-62(2,3)45-24-16-41(17-25-45)42-18-28-50(29-19-42)67(51-37-48(65(10,11)12)36-49(38-51)66(13,14)15)56-32-22-43-21-31-53-57(33-23-44-20-30-52(56)60(43)61(44)53)68-58-34-26-46(63(4,5)6)39-54(58)55-40-47(64(7,8)9)27-35-59(55)68/h16-40H,1-15H3. The van der Waals surface area contributed by atoms with E-state index >= 15 is 0 Å². The van der Waals surface area contributed by atoms with Crippen molar-refractivity contribution in [3.8, 4) is 16.8 Å². The van der Waals surface area contributed by atoms with Crippen LogP contribution < -0.4 is 4.90 Å². The minimum Gasteiger partial charge on any atom is -0.310 e. The second-order valence-electron chi connectivity index (χ2n) is 24.9. The summed E-state index contributed by atoms with van der Waals surface area (Å²) in [5.41, 5.74) is 16.4. The van der Waals surface area contributed by atoms with Crippen LogP contribution in [0.2, 0.25) is 0 Å². The Morgan fingerprint density at radius 3 is 1.21 bits per heavy atom. The molecule has 9 aromatic carbocycles. The molecule has 0 fully saturated rings. The van der Waals surface area contributed by atoms with Gasteiger partial charge >= 0.3 is 0 Å². The molecule has 0 saturated carbocycles. The highest BCUT2D eigenvalue weighted by Gasteiger charge is 2.27. The number of nitrogens with zero attached hydrogens (tertiary/aromatic N) is 2. The first-order valence-corrected chi connectivity index (χ1v) is 24.8. The molecule has 0 radical (unpaired) electrons. The van der Waals surface area contributed by atoms with Gasteiger partial charge in [0.25, 0.3) is 0 Å². The topological polar surface area (TPSA) is 8.17 Å². The number of hydrogen-bond donors (Lipinski definition) is 0. The fourth-order valence-corrected chi connectivity index (χ4v) is 10.4. The number of benzene rings is 9. The Morgan fingerprint density at radius 1 is 0.309 bits per heavy atom. The zero-order chi connectivity index (χ0) is 48.5. The molecule has 10 aromatic rings. The van der Waals surface area contributed by atoms with Gasteiger partial charge in [0.15, 0.2) is 0 Å². The van der Waals surface area contributed by atoms with E-state index < -0.39 is 0 Å². The molecule has 0 unspecified atom stereocenters. The van der Waals surface area contributed by atoms with Crippen molar-refractivity contribution in [2.24, 2.45) is 0 Å². The van der Waals surface area contributed by atoms with Crippen LogP contribution in [0.5, 0.6) is 0 Å². The number of aromatic nitrogens is 1. The average Bonchev–Trinajstić information content (AvgIpc) is 3.60. The molecule has 344 valence electrons. The zero-order valence-electron chi connectivity index (χ0n) is 43.3. The maximum absolute atomic E-state index is 2.53. The molecule has 2 heteroatoms. The van der Waals surface area contributed by atoms with E-state index in [9.17, 15) is 0 Å². The van der Waals surface area contributed by atoms with Gasteiger partial charge in [0.05, 0.1) is 22.4 Å². The Bertz CT molecular complexity index is 3440. The van der Waals surface area contributed by atoms with E-state index in [1.807, 2.05) is 0 Å². The molecule has 0 saturated heterocycles. The Labute approximate surface area is 406 Å². The highest BCUT2D eigenvalue weighted by molar-refractivity contribution is 6.27. The summed E-state index contributed by atoms with van der Waals surface area (Å²) in [6, 6.07) is 58.8. The summed E-state index contributed by atoms with van der Waals surface area (Å²) in [6.07, 6.45) is 0. The van der Waals surface area contributed by atoms with Crippen molar-refractivity contribution in [1.29, 1.82) is 0 Å². The Morgan fingerprint density at radius 2 is 0.721 bits per heavy atom. The lowest BCUT2D eigenvalue weighted by Gasteiger charge is -2.32. The molecule has 0 aliphatic carbocycles. The van der Waals surface area contributed by atoms with Gasteiger partial charge in [-0.25, -0.2) is 0 Å². The minimum atomic E-state index is -0.0424. The third kappa shape index (κ3) is 7.84. The summed E-state index contributed by atoms with van der Waals surface area (Å²) in [5.74, 6) is 0. The fourth-order valence-electron chi connectivity index (χ4n) is 10.4. The van der Waals surface area contributed by atoms with Crippen molar-refractivity contribution in [2.75, 3.05) is 4.90 Å². The van der Waals surface area contributed by atoms with Crippen molar-refractivity contribution >= 4 is 71.2 Å². The molecule has 2 nitrogen and oxygen atoms in total. The average molecular weight is 891 g/mol. The normalized spacial score (nSPS) is 13.2. The van der Waals surface area contributed by atoms with Gasteiger partial charge in [0.1, 0.15) is 0 Å². The Balaban J connectivity index is 1.22. The highest BCUT2D eigenvalue weighted by Crippen LogP contribution is 2.48. The predicted octanol–water partition coefficient (Wildman–Crippen LogP) is 19.3. The largest absolute Gasteiger partial charge is 0.310 e. The van der Waals surface area contributed by atoms with Gasteiger partial charge in [-0.15, -0.1) is 0 Å². The van der Waals surface area contributed by atoms with Crippen LogP contribution in [-0.2, 0) is 27.1 Å². The van der Waals surface area contributed by atoms with E-state index in [-0.39, 0.29) is 27.1 Å². The van der Waals surface area contributed by atoms with Crippen molar-refractivity contribution in [3.63, 3.8) is 0 Å². The molecule has 0 aliphatic heterocycles. The van der Waals surface area contributed by atoms with Crippen molar-refractivity contribution in [2.45, 2.75) is 131 Å². The summed E-state index contributed by atoms with van der Waals surface area (Å²) in [6.45, 7) is 34.7. The summed E-state index contributed by atoms with van der Waals surface area (Å²) in [4.78, 5) is 2.52. The molecule has 68 heavy (non-hydrogen) atoms. The lowest BCUT2D eigenvalue weighted by molar-refractivity contribution is 0.569. The van der Waals surface area contributed by atoms with Crippen LogP contribution in [0.1, 0.15) is 132 Å². The predicted molar refractivity (Wildman–Crippen MR) is 298 cm³/mol. The first-order valence-electron chi connectivity index (χ1n) is 24.8. The van der Waals surface area contributed by atoms with E-state index in [1.165, 1.54) is 110 Å². The number of rotatable bonds is 5. The number of anilines is 3. The van der Waals surface area contributed by atoms with Crippen LogP contribution >= 0.6 is 0 Å². The van der Waals surface area contributed by atoms with E-state index in [0.29, 0.717) is 0 Å². The van der Waals surface area contributed by atoms with Crippen molar-refractivity contribution in [3.05, 3.63) is 179 Å². The molecule has 10 rings (SSSR count). The van der Waals surface area contributed by atoms with Gasteiger partial charge < -0.3 is 9.47 Å². The molecule has 0 N–H and O–H groups in total. The summed E-state index contributed by atoms with van der Waals surface area (Å²) >= 11 is 0. The van der Waals surface area contributed by atoms with Gasteiger partial charge in [-0.1, -0.05) is 195 Å². The SMILES string of the molecule is CC(C)(C)c1ccc(-c2ccc(N(c3cc(C(C)(C)C)cc(C(C)(C)C)c3)c3ccc4ccc5c(-n6c7ccc(C(C)(C)C)cc7c7cc(C(C)(C)C)ccc76)ccc6ccc3c4c65)cc2)cc1. The molecular formula is C66H70N2. The van der Waals surface area contributed by atoms with E-state index in [1.54, 1.807) is 0 Å². The van der Waals surface area contributed by atoms with Gasteiger partial charge in [-0.05, 0) is 148 Å². The maximum atomic E-state index is 2.53. The minimum absolute atomic E-state index is 0.0334. The van der Waals surface area contributed by atoms with Gasteiger partial charge in [-0.3, -0.25) is 0 Å². The summed E-state index contributed by atoms with van der Waals surface area (Å²) in [7, 11) is 0. The molecular weight excluding hydrogens is 821 g/mol. The van der Waals surface area contributed by atoms with Crippen LogP contribution in [0.4, 0.5) is 17.1 Å². The first-order chi connectivity index (χ1) is 31.9. The fraction of sp³-hybridized carbons (Fsp3) is 0.303. The summed E-state index contributed by atoms with van der Waals surface area (Å²) in [5, 5.41) is 10.2. The highest BCUT2D eigenvalue weighted by atomic mass is 15.1.